The maximum atomic E-state index is 5.77. The van der Waals surface area contributed by atoms with E-state index in [1.54, 1.807) is 7.11 Å². The summed E-state index contributed by atoms with van der Waals surface area (Å²) in [5, 5.41) is 4.88. The van der Waals surface area contributed by atoms with Gasteiger partial charge in [0.1, 0.15) is 5.75 Å². The van der Waals surface area contributed by atoms with Gasteiger partial charge in [0.25, 0.3) is 0 Å². The summed E-state index contributed by atoms with van der Waals surface area (Å²) in [4.78, 5) is 2.46. The summed E-state index contributed by atoms with van der Waals surface area (Å²) in [7, 11) is 1.70. The van der Waals surface area contributed by atoms with Crippen LogP contribution in [0.5, 0.6) is 5.75 Å². The third kappa shape index (κ3) is 4.04. The Labute approximate surface area is 176 Å². The lowest BCUT2D eigenvalue weighted by Crippen LogP contribution is -2.27. The second kappa shape index (κ2) is 8.76. The predicted octanol–water partition coefficient (Wildman–Crippen LogP) is 5.07. The van der Waals surface area contributed by atoms with Crippen LogP contribution >= 0.6 is 12.2 Å². The van der Waals surface area contributed by atoms with Crippen molar-refractivity contribution in [3.05, 3.63) is 77.6 Å². The monoisotopic (exact) mass is 406 g/mol. The Morgan fingerprint density at radius 2 is 1.93 bits per heavy atom. The van der Waals surface area contributed by atoms with Gasteiger partial charge in [0.2, 0.25) is 0 Å². The molecule has 1 fully saturated rings. The number of allylic oxidation sites excluding steroid dienone is 1. The standard InChI is InChI=1S/C23H26N4OS/c1-3-15-26-22(19-8-5-4-6-9-19)24-27(23(26)29)17-25-16-7-10-21(25)18-11-13-20(28-2)14-12-18/h3-6,8-9,11-14,21H,1,7,10,15-17H2,2H3. The summed E-state index contributed by atoms with van der Waals surface area (Å²) in [6, 6.07) is 18.9. The van der Waals surface area contributed by atoms with Crippen molar-refractivity contribution >= 4 is 12.2 Å². The summed E-state index contributed by atoms with van der Waals surface area (Å²) in [6.07, 6.45) is 4.17. The van der Waals surface area contributed by atoms with E-state index in [2.05, 4.69) is 40.3 Å². The highest BCUT2D eigenvalue weighted by Crippen LogP contribution is 2.33. The Morgan fingerprint density at radius 1 is 1.17 bits per heavy atom. The van der Waals surface area contributed by atoms with Crippen molar-refractivity contribution < 1.29 is 4.74 Å². The van der Waals surface area contributed by atoms with Gasteiger partial charge in [0.05, 0.1) is 13.8 Å². The summed E-state index contributed by atoms with van der Waals surface area (Å²) in [5.74, 6) is 1.77. The fourth-order valence-electron chi connectivity index (χ4n) is 4.00. The Kier molecular flexibility index (Phi) is 5.92. The average molecular weight is 407 g/mol. The lowest BCUT2D eigenvalue weighted by molar-refractivity contribution is 0.190. The number of benzene rings is 2. The van der Waals surface area contributed by atoms with E-state index in [4.69, 9.17) is 22.1 Å². The Bertz CT molecular complexity index is 1020. The van der Waals surface area contributed by atoms with Gasteiger partial charge >= 0.3 is 0 Å². The van der Waals surface area contributed by atoms with Crippen molar-refractivity contribution in [1.82, 2.24) is 19.2 Å². The molecule has 2 heterocycles. The normalized spacial score (nSPS) is 16.8. The van der Waals surface area contributed by atoms with Crippen molar-refractivity contribution in [2.45, 2.75) is 32.1 Å². The van der Waals surface area contributed by atoms with Gasteiger partial charge in [0.15, 0.2) is 10.6 Å². The molecule has 29 heavy (non-hydrogen) atoms. The van der Waals surface area contributed by atoms with Crippen LogP contribution in [-0.4, -0.2) is 32.9 Å². The molecule has 6 heteroatoms. The summed E-state index contributed by atoms with van der Waals surface area (Å²) >= 11 is 5.77. The van der Waals surface area contributed by atoms with Crippen LogP contribution in [0.2, 0.25) is 0 Å². The smallest absolute Gasteiger partial charge is 0.199 e. The van der Waals surface area contributed by atoms with E-state index in [-0.39, 0.29) is 0 Å². The number of nitrogens with zero attached hydrogens (tertiary/aromatic N) is 4. The second-order valence-corrected chi connectivity index (χ2v) is 7.62. The Balaban J connectivity index is 1.63. The molecule has 5 nitrogen and oxygen atoms in total. The van der Waals surface area contributed by atoms with Crippen LogP contribution < -0.4 is 4.74 Å². The number of hydrogen-bond acceptors (Lipinski definition) is 4. The molecule has 0 N–H and O–H groups in total. The van der Waals surface area contributed by atoms with Crippen LogP contribution in [0.4, 0.5) is 0 Å². The van der Waals surface area contributed by atoms with E-state index in [1.807, 2.05) is 41.1 Å². The molecule has 1 atom stereocenters. The fraction of sp³-hybridized carbons (Fsp3) is 0.304. The molecular weight excluding hydrogens is 380 g/mol. The van der Waals surface area contributed by atoms with E-state index in [1.165, 1.54) is 12.0 Å². The fourth-order valence-corrected chi connectivity index (χ4v) is 4.26. The maximum absolute atomic E-state index is 5.77. The zero-order valence-electron chi connectivity index (χ0n) is 16.7. The van der Waals surface area contributed by atoms with Gasteiger partial charge in [-0.05, 0) is 42.8 Å². The van der Waals surface area contributed by atoms with Crippen LogP contribution in [0.1, 0.15) is 24.4 Å². The Morgan fingerprint density at radius 3 is 2.62 bits per heavy atom. The minimum atomic E-state index is 0.368. The van der Waals surface area contributed by atoms with Crippen LogP contribution in [0.25, 0.3) is 11.4 Å². The third-order valence-corrected chi connectivity index (χ3v) is 5.88. The maximum Gasteiger partial charge on any atom is 0.199 e. The summed E-state index contributed by atoms with van der Waals surface area (Å²) < 4.78 is 10.0. The van der Waals surface area contributed by atoms with Gasteiger partial charge < -0.3 is 4.74 Å². The van der Waals surface area contributed by atoms with Crippen LogP contribution in [0.3, 0.4) is 0 Å². The van der Waals surface area contributed by atoms with E-state index < -0.39 is 0 Å². The average Bonchev–Trinajstić information content (AvgIpc) is 3.35. The van der Waals surface area contributed by atoms with Crippen LogP contribution in [0, 0.1) is 4.77 Å². The molecule has 150 valence electrons. The first-order valence-electron chi connectivity index (χ1n) is 9.93. The van der Waals surface area contributed by atoms with E-state index in [0.29, 0.717) is 19.3 Å². The quantitative estimate of drug-likeness (QED) is 0.405. The van der Waals surface area contributed by atoms with E-state index in [9.17, 15) is 0 Å². The van der Waals surface area contributed by atoms with Crippen molar-refractivity contribution in [3.63, 3.8) is 0 Å². The number of rotatable bonds is 7. The number of methoxy groups -OCH3 is 1. The molecule has 1 unspecified atom stereocenters. The van der Waals surface area contributed by atoms with Crippen molar-refractivity contribution in [3.8, 4) is 17.1 Å². The van der Waals surface area contributed by atoms with E-state index in [0.717, 1.165) is 34.9 Å². The lowest BCUT2D eigenvalue weighted by Gasteiger charge is -2.24. The molecule has 0 radical (unpaired) electrons. The van der Waals surface area contributed by atoms with Crippen molar-refractivity contribution in [2.75, 3.05) is 13.7 Å². The highest BCUT2D eigenvalue weighted by atomic mass is 32.1. The molecule has 0 amide bonds. The van der Waals surface area contributed by atoms with Crippen LogP contribution in [0.15, 0.2) is 67.3 Å². The molecule has 1 aliphatic heterocycles. The molecule has 1 aliphatic rings. The zero-order valence-corrected chi connectivity index (χ0v) is 17.5. The highest BCUT2D eigenvalue weighted by molar-refractivity contribution is 7.71. The van der Waals surface area contributed by atoms with Gasteiger partial charge in [0, 0.05) is 24.7 Å². The largest absolute Gasteiger partial charge is 0.497 e. The molecule has 1 saturated heterocycles. The predicted molar refractivity (Wildman–Crippen MR) is 118 cm³/mol. The molecule has 3 aromatic rings. The second-order valence-electron chi connectivity index (χ2n) is 7.26. The van der Waals surface area contributed by atoms with E-state index >= 15 is 0 Å². The minimum Gasteiger partial charge on any atom is -0.497 e. The van der Waals surface area contributed by atoms with Gasteiger partial charge in [-0.25, -0.2) is 4.68 Å². The SMILES string of the molecule is C=CCn1c(-c2ccccc2)nn(CN2CCCC2c2ccc(OC)cc2)c1=S. The van der Waals surface area contributed by atoms with Gasteiger partial charge in [-0.1, -0.05) is 48.5 Å². The molecule has 0 aliphatic carbocycles. The molecule has 1 aromatic heterocycles. The number of ether oxygens (including phenoxy) is 1. The minimum absolute atomic E-state index is 0.368. The summed E-state index contributed by atoms with van der Waals surface area (Å²) in [6.45, 7) is 6.24. The Hall–Kier alpha value is -2.70. The zero-order chi connectivity index (χ0) is 20.2. The van der Waals surface area contributed by atoms with Crippen molar-refractivity contribution in [1.29, 1.82) is 0 Å². The molecule has 2 aromatic carbocycles. The number of likely N-dealkylation sites (tertiary alicyclic amines) is 1. The van der Waals surface area contributed by atoms with Crippen molar-refractivity contribution in [2.24, 2.45) is 0 Å². The first-order chi connectivity index (χ1) is 14.2. The lowest BCUT2D eigenvalue weighted by atomic mass is 10.0. The van der Waals surface area contributed by atoms with Gasteiger partial charge in [-0.15, -0.1) is 6.58 Å². The number of hydrogen-bond donors (Lipinski definition) is 0. The molecule has 0 saturated carbocycles. The molecule has 0 spiro atoms. The van der Waals surface area contributed by atoms with Gasteiger partial charge in [-0.2, -0.15) is 5.10 Å². The molecular formula is C23H26N4OS. The van der Waals surface area contributed by atoms with Gasteiger partial charge in [-0.3, -0.25) is 9.47 Å². The molecule has 4 rings (SSSR count). The first-order valence-corrected chi connectivity index (χ1v) is 10.3. The van der Waals surface area contributed by atoms with Crippen LogP contribution in [-0.2, 0) is 13.2 Å². The third-order valence-electron chi connectivity index (χ3n) is 5.45. The summed E-state index contributed by atoms with van der Waals surface area (Å²) in [5.41, 5.74) is 2.37. The topological polar surface area (TPSA) is 35.2 Å². The molecule has 0 bridgehead atoms. The first kappa shape index (κ1) is 19.6. The highest BCUT2D eigenvalue weighted by Gasteiger charge is 2.27. The number of aromatic nitrogens is 3.